The van der Waals surface area contributed by atoms with E-state index in [0.717, 1.165) is 10.5 Å². The number of hydrogen-bond acceptors (Lipinski definition) is 9. The van der Waals surface area contributed by atoms with Crippen LogP contribution in [0.25, 0.3) is 0 Å². The third-order valence-electron chi connectivity index (χ3n) is 8.76. The number of aliphatic hydroxyl groups is 1. The summed E-state index contributed by atoms with van der Waals surface area (Å²) >= 11 is 1.31. The van der Waals surface area contributed by atoms with Crippen molar-refractivity contribution in [1.29, 1.82) is 0 Å². The molecule has 0 bridgehead atoms. The van der Waals surface area contributed by atoms with Gasteiger partial charge >= 0.3 is 12.1 Å². The second-order valence-corrected chi connectivity index (χ2v) is 16.6. The van der Waals surface area contributed by atoms with E-state index in [4.69, 9.17) is 4.74 Å². The number of urea groups is 1. The first-order valence-electron chi connectivity index (χ1n) is 17.2. The van der Waals surface area contributed by atoms with Gasteiger partial charge in [-0.3, -0.25) is 4.79 Å². The van der Waals surface area contributed by atoms with Crippen molar-refractivity contribution in [2.24, 2.45) is 11.8 Å². The first-order chi connectivity index (χ1) is 24.6. The van der Waals surface area contributed by atoms with Crippen LogP contribution >= 0.6 is 11.3 Å². The number of thiazole rings is 1. The summed E-state index contributed by atoms with van der Waals surface area (Å²) < 4.78 is 34.2. The Labute approximate surface area is 310 Å². The molecule has 0 aliphatic carbocycles. The van der Waals surface area contributed by atoms with Crippen LogP contribution in [-0.2, 0) is 34.3 Å². The Bertz CT molecular complexity index is 1750. The van der Waals surface area contributed by atoms with Gasteiger partial charge in [0, 0.05) is 38.6 Å². The zero-order valence-corrected chi connectivity index (χ0v) is 32.1. The third kappa shape index (κ3) is 10.4. The standard InChI is InChI=1S/C36H50N6O8S2/c1-24(2)19-41(52(48,49)29-14-12-28(50-6)13-15-29)21-31(43)30(18-26-10-8-7-9-11-26)38-34(44)33(25(3)4)42-17-16-40(35(42)45)20-27-23-51-32(37-27)22-39(5)36(46)47/h7-15,23-25,30-31,33,43H,16-22H2,1-6H3,(H,38,44)(H,46,47)/t30-,31-,33?/m0/s1. The smallest absolute Gasteiger partial charge is 0.407 e. The zero-order chi connectivity index (χ0) is 38.2. The van der Waals surface area contributed by atoms with E-state index < -0.39 is 40.2 Å². The normalized spacial score (nSPS) is 15.3. The lowest BCUT2D eigenvalue weighted by Gasteiger charge is -2.34. The van der Waals surface area contributed by atoms with Gasteiger partial charge in [0.15, 0.2) is 0 Å². The molecule has 4 rings (SSSR count). The molecular formula is C36H50N6O8S2. The van der Waals surface area contributed by atoms with E-state index in [2.05, 4.69) is 10.3 Å². The molecule has 3 N–H and O–H groups in total. The molecule has 1 fully saturated rings. The summed E-state index contributed by atoms with van der Waals surface area (Å²) in [5.74, 6) is -0.286. The Morgan fingerprint density at radius 1 is 1.04 bits per heavy atom. The summed E-state index contributed by atoms with van der Waals surface area (Å²) in [7, 11) is -1.08. The minimum atomic E-state index is -4.03. The van der Waals surface area contributed by atoms with Crippen molar-refractivity contribution in [2.45, 2.75) is 70.3 Å². The van der Waals surface area contributed by atoms with Crippen LogP contribution < -0.4 is 10.1 Å². The van der Waals surface area contributed by atoms with Gasteiger partial charge in [0.05, 0.1) is 42.9 Å². The number of hydrogen-bond donors (Lipinski definition) is 3. The average molecular weight is 759 g/mol. The monoisotopic (exact) mass is 758 g/mol. The number of sulfonamides is 1. The predicted octanol–water partition coefficient (Wildman–Crippen LogP) is 3.96. The Hall–Kier alpha value is -4.25. The first-order valence-corrected chi connectivity index (χ1v) is 19.5. The van der Waals surface area contributed by atoms with Gasteiger partial charge in [-0.15, -0.1) is 11.3 Å². The highest BCUT2D eigenvalue weighted by Gasteiger charge is 2.40. The molecular weight excluding hydrogens is 709 g/mol. The lowest BCUT2D eigenvalue weighted by molar-refractivity contribution is -0.128. The number of aliphatic hydroxyl groups excluding tert-OH is 1. The number of carboxylic acid groups (broad SMARTS) is 1. The third-order valence-corrected chi connectivity index (χ3v) is 11.5. The van der Waals surface area contributed by atoms with Crippen molar-refractivity contribution in [3.05, 3.63) is 76.2 Å². The molecule has 52 heavy (non-hydrogen) atoms. The molecule has 4 amide bonds. The minimum absolute atomic E-state index is 0.0567. The number of carbonyl (C=O) groups excluding carboxylic acids is 2. The van der Waals surface area contributed by atoms with Gasteiger partial charge in [-0.25, -0.2) is 23.0 Å². The number of aromatic nitrogens is 1. The SMILES string of the molecule is COc1ccc(S(=O)(=O)N(CC(C)C)C[C@H](O)[C@H](Cc2ccccc2)NC(=O)C(C(C)C)N2CCN(Cc3csc(CN(C)C(=O)O)n3)C2=O)cc1. The minimum Gasteiger partial charge on any atom is -0.497 e. The molecule has 1 aromatic heterocycles. The van der Waals surface area contributed by atoms with Crippen LogP contribution in [0.5, 0.6) is 5.75 Å². The van der Waals surface area contributed by atoms with Gasteiger partial charge in [-0.2, -0.15) is 4.31 Å². The van der Waals surface area contributed by atoms with E-state index in [9.17, 15) is 33.0 Å². The first kappa shape index (κ1) is 40.5. The van der Waals surface area contributed by atoms with Crippen molar-refractivity contribution < 1.29 is 37.8 Å². The number of carbonyl (C=O) groups is 3. The van der Waals surface area contributed by atoms with Crippen molar-refractivity contribution in [1.82, 2.24) is 29.3 Å². The quantitative estimate of drug-likeness (QED) is 0.174. The fourth-order valence-electron chi connectivity index (χ4n) is 6.10. The molecule has 0 saturated carbocycles. The van der Waals surface area contributed by atoms with Crippen molar-refractivity contribution in [2.75, 3.05) is 40.3 Å². The van der Waals surface area contributed by atoms with Gasteiger partial charge < -0.3 is 35.0 Å². The highest BCUT2D eigenvalue weighted by Crippen LogP contribution is 2.24. The van der Waals surface area contributed by atoms with Gasteiger partial charge in [-0.05, 0) is 48.1 Å². The fourth-order valence-corrected chi connectivity index (χ4v) is 8.56. The summed E-state index contributed by atoms with van der Waals surface area (Å²) in [6, 6.07) is 13.3. The highest BCUT2D eigenvalue weighted by atomic mass is 32.2. The Morgan fingerprint density at radius 3 is 2.31 bits per heavy atom. The molecule has 2 aromatic carbocycles. The lowest BCUT2D eigenvalue weighted by Crippen LogP contribution is -2.57. The van der Waals surface area contributed by atoms with Gasteiger partial charge in [0.2, 0.25) is 15.9 Å². The maximum atomic E-state index is 14.1. The van der Waals surface area contributed by atoms with Crippen molar-refractivity contribution in [3.63, 3.8) is 0 Å². The Kier molecular flexibility index (Phi) is 14.0. The highest BCUT2D eigenvalue weighted by molar-refractivity contribution is 7.89. The van der Waals surface area contributed by atoms with Crippen LogP contribution in [0.4, 0.5) is 9.59 Å². The van der Waals surface area contributed by atoms with Crippen LogP contribution in [0, 0.1) is 11.8 Å². The number of amides is 4. The number of nitrogens with one attached hydrogen (secondary N) is 1. The van der Waals surface area contributed by atoms with Crippen LogP contribution in [0.15, 0.2) is 64.9 Å². The zero-order valence-electron chi connectivity index (χ0n) is 30.5. The number of benzene rings is 2. The second kappa shape index (κ2) is 18.0. The average Bonchev–Trinajstić information content (AvgIpc) is 3.69. The summed E-state index contributed by atoms with van der Waals surface area (Å²) in [4.78, 5) is 47.9. The van der Waals surface area contributed by atoms with E-state index in [1.54, 1.807) is 22.4 Å². The molecule has 3 aromatic rings. The predicted molar refractivity (Wildman–Crippen MR) is 197 cm³/mol. The lowest BCUT2D eigenvalue weighted by atomic mass is 9.97. The maximum absolute atomic E-state index is 14.1. The molecule has 1 unspecified atom stereocenters. The Morgan fingerprint density at radius 2 is 1.71 bits per heavy atom. The van der Waals surface area contributed by atoms with E-state index >= 15 is 0 Å². The molecule has 1 saturated heterocycles. The van der Waals surface area contributed by atoms with E-state index in [1.165, 1.54) is 46.8 Å². The number of methoxy groups -OCH3 is 1. The topological polar surface area (TPSA) is 173 Å². The van der Waals surface area contributed by atoms with Gasteiger partial charge in [0.25, 0.3) is 0 Å². The fraction of sp³-hybridized carbons (Fsp3) is 0.500. The number of nitrogens with zero attached hydrogens (tertiary/aromatic N) is 5. The number of rotatable bonds is 18. The number of ether oxygens (including phenoxy) is 1. The molecule has 1 aliphatic heterocycles. The summed E-state index contributed by atoms with van der Waals surface area (Å²) in [5, 5.41) is 26.3. The van der Waals surface area contributed by atoms with E-state index in [0.29, 0.717) is 29.5 Å². The van der Waals surface area contributed by atoms with Crippen LogP contribution in [0.2, 0.25) is 0 Å². The largest absolute Gasteiger partial charge is 0.497 e. The molecule has 16 heteroatoms. The van der Waals surface area contributed by atoms with E-state index in [1.807, 2.05) is 58.0 Å². The van der Waals surface area contributed by atoms with E-state index in [-0.39, 0.29) is 55.4 Å². The summed E-state index contributed by atoms with van der Waals surface area (Å²) in [6.45, 7) is 8.34. The summed E-state index contributed by atoms with van der Waals surface area (Å²) in [5.41, 5.74) is 1.46. The van der Waals surface area contributed by atoms with Crippen LogP contribution in [-0.4, -0.2) is 119 Å². The molecule has 284 valence electrons. The Balaban J connectivity index is 1.53. The molecule has 0 spiro atoms. The van der Waals surface area contributed by atoms with Gasteiger partial charge in [-0.1, -0.05) is 58.0 Å². The second-order valence-electron chi connectivity index (χ2n) is 13.7. The molecule has 3 atom stereocenters. The molecule has 1 aliphatic rings. The molecule has 0 radical (unpaired) electrons. The van der Waals surface area contributed by atoms with Gasteiger partial charge in [0.1, 0.15) is 16.8 Å². The van der Waals surface area contributed by atoms with Crippen LogP contribution in [0.1, 0.15) is 44.0 Å². The summed E-state index contributed by atoms with van der Waals surface area (Å²) in [6.07, 6.45) is -2.14. The molecule has 14 nitrogen and oxygen atoms in total. The van der Waals surface area contributed by atoms with Crippen LogP contribution in [0.3, 0.4) is 0 Å². The molecule has 2 heterocycles. The maximum Gasteiger partial charge on any atom is 0.407 e. The van der Waals surface area contributed by atoms with Crippen molar-refractivity contribution in [3.8, 4) is 5.75 Å². The van der Waals surface area contributed by atoms with Crippen molar-refractivity contribution >= 4 is 39.4 Å².